The van der Waals surface area contributed by atoms with Gasteiger partial charge in [-0.3, -0.25) is 4.79 Å². The average molecular weight is 205 g/mol. The number of thioether (sulfide) groups is 1. The first-order valence-corrected chi connectivity index (χ1v) is 5.60. The van der Waals surface area contributed by atoms with Gasteiger partial charge in [0.25, 0.3) is 0 Å². The van der Waals surface area contributed by atoms with Crippen LogP contribution in [0.2, 0.25) is 0 Å². The molecular weight excluding hydrogens is 186 g/mol. The predicted molar refractivity (Wildman–Crippen MR) is 56.8 cm³/mol. The number of carbonyl (C=O) groups is 1. The maximum atomic E-state index is 11.5. The molecular formula is C9H19NO2S. The number of carbonyl (C=O) groups excluding carboxylic acids is 1. The lowest BCUT2D eigenvalue weighted by Gasteiger charge is -2.27. The molecule has 0 aliphatic heterocycles. The molecule has 0 rings (SSSR count). The fraction of sp³-hybridized carbons (Fsp3) is 0.889. The van der Waals surface area contributed by atoms with Crippen LogP contribution in [0, 0.1) is 0 Å². The molecule has 0 amide bonds. The summed E-state index contributed by atoms with van der Waals surface area (Å²) in [6, 6.07) is 0. The zero-order valence-corrected chi connectivity index (χ0v) is 9.83. The maximum Gasteiger partial charge on any atom is 0.327 e. The molecule has 0 aliphatic rings. The van der Waals surface area contributed by atoms with Crippen LogP contribution >= 0.6 is 11.8 Å². The molecule has 1 atom stereocenters. The second-order valence-electron chi connectivity index (χ2n) is 4.35. The Morgan fingerprint density at radius 3 is 2.15 bits per heavy atom. The van der Waals surface area contributed by atoms with E-state index in [0.29, 0.717) is 5.75 Å². The third-order valence-electron chi connectivity index (χ3n) is 1.31. The van der Waals surface area contributed by atoms with E-state index in [1.54, 1.807) is 6.92 Å². The Balaban J connectivity index is 4.25. The highest BCUT2D eigenvalue weighted by Crippen LogP contribution is 2.15. The van der Waals surface area contributed by atoms with Gasteiger partial charge >= 0.3 is 5.97 Å². The molecule has 0 spiro atoms. The van der Waals surface area contributed by atoms with Crippen molar-refractivity contribution in [1.29, 1.82) is 0 Å². The number of hydrogen-bond acceptors (Lipinski definition) is 4. The Bertz CT molecular complexity index is 185. The Labute approximate surface area is 84.4 Å². The molecule has 1 unspecified atom stereocenters. The number of ether oxygens (including phenoxy) is 1. The van der Waals surface area contributed by atoms with Crippen molar-refractivity contribution in [2.75, 3.05) is 12.0 Å². The van der Waals surface area contributed by atoms with Crippen LogP contribution in [0.4, 0.5) is 0 Å². The fourth-order valence-corrected chi connectivity index (χ4v) is 1.47. The lowest BCUT2D eigenvalue weighted by molar-refractivity contribution is -0.160. The van der Waals surface area contributed by atoms with Crippen molar-refractivity contribution in [3.63, 3.8) is 0 Å². The highest BCUT2D eigenvalue weighted by atomic mass is 32.2. The molecule has 0 saturated heterocycles. The third-order valence-corrected chi connectivity index (χ3v) is 2.20. The van der Waals surface area contributed by atoms with Crippen molar-refractivity contribution in [2.24, 2.45) is 5.73 Å². The van der Waals surface area contributed by atoms with Crippen molar-refractivity contribution in [3.05, 3.63) is 0 Å². The Hall–Kier alpha value is -0.220. The topological polar surface area (TPSA) is 52.3 Å². The number of rotatable bonds is 3. The van der Waals surface area contributed by atoms with Crippen LogP contribution in [-0.4, -0.2) is 29.1 Å². The molecule has 13 heavy (non-hydrogen) atoms. The van der Waals surface area contributed by atoms with Gasteiger partial charge in [0.05, 0.1) is 0 Å². The highest BCUT2D eigenvalue weighted by Gasteiger charge is 2.32. The van der Waals surface area contributed by atoms with Gasteiger partial charge in [-0.25, -0.2) is 0 Å². The molecule has 78 valence electrons. The van der Waals surface area contributed by atoms with E-state index in [-0.39, 0.29) is 5.97 Å². The van der Waals surface area contributed by atoms with E-state index in [9.17, 15) is 4.79 Å². The number of nitrogens with two attached hydrogens (primary N) is 1. The van der Waals surface area contributed by atoms with Crippen molar-refractivity contribution in [1.82, 2.24) is 0 Å². The van der Waals surface area contributed by atoms with Gasteiger partial charge in [-0.05, 0) is 34.0 Å². The summed E-state index contributed by atoms with van der Waals surface area (Å²) >= 11 is 1.54. The molecule has 0 saturated carbocycles. The minimum atomic E-state index is -0.882. The fourth-order valence-electron chi connectivity index (χ4n) is 0.753. The van der Waals surface area contributed by atoms with Crippen molar-refractivity contribution >= 4 is 17.7 Å². The second-order valence-corrected chi connectivity index (χ2v) is 5.22. The number of hydrogen-bond donors (Lipinski definition) is 1. The molecule has 2 N–H and O–H groups in total. The van der Waals surface area contributed by atoms with E-state index >= 15 is 0 Å². The Morgan fingerprint density at radius 2 is 1.85 bits per heavy atom. The first kappa shape index (κ1) is 12.8. The van der Waals surface area contributed by atoms with Gasteiger partial charge in [-0.1, -0.05) is 0 Å². The molecule has 0 aliphatic carbocycles. The van der Waals surface area contributed by atoms with Gasteiger partial charge in [0.15, 0.2) is 0 Å². The van der Waals surface area contributed by atoms with E-state index in [1.807, 2.05) is 27.0 Å². The molecule has 0 aromatic rings. The van der Waals surface area contributed by atoms with Gasteiger partial charge in [0, 0.05) is 5.75 Å². The van der Waals surface area contributed by atoms with Crippen molar-refractivity contribution in [2.45, 2.75) is 38.8 Å². The van der Waals surface area contributed by atoms with Gasteiger partial charge < -0.3 is 10.5 Å². The van der Waals surface area contributed by atoms with E-state index in [2.05, 4.69) is 0 Å². The monoisotopic (exact) mass is 205 g/mol. The lowest BCUT2D eigenvalue weighted by atomic mass is 10.1. The summed E-state index contributed by atoms with van der Waals surface area (Å²) < 4.78 is 5.18. The molecule has 0 fully saturated rings. The van der Waals surface area contributed by atoms with Gasteiger partial charge in [-0.15, -0.1) is 0 Å². The van der Waals surface area contributed by atoms with Gasteiger partial charge in [0.1, 0.15) is 11.1 Å². The minimum Gasteiger partial charge on any atom is -0.459 e. The third kappa shape index (κ3) is 5.16. The summed E-state index contributed by atoms with van der Waals surface area (Å²) in [5.74, 6) is 0.233. The highest BCUT2D eigenvalue weighted by molar-refractivity contribution is 7.98. The zero-order valence-electron chi connectivity index (χ0n) is 9.01. The average Bonchev–Trinajstić information content (AvgIpc) is 1.82. The summed E-state index contributed by atoms with van der Waals surface area (Å²) in [5.41, 5.74) is 4.44. The standard InChI is InChI=1S/C9H19NO2S/c1-8(2,3)12-7(11)9(4,10)6-13-5/h6,10H2,1-5H3. The molecule has 0 aromatic carbocycles. The largest absolute Gasteiger partial charge is 0.459 e. The maximum absolute atomic E-state index is 11.5. The SMILES string of the molecule is CSCC(C)(N)C(=O)OC(C)(C)C. The summed E-state index contributed by atoms with van der Waals surface area (Å²) in [6.45, 7) is 7.19. The second kappa shape index (κ2) is 4.33. The Morgan fingerprint density at radius 1 is 1.38 bits per heavy atom. The molecule has 0 radical (unpaired) electrons. The molecule has 0 heterocycles. The van der Waals surface area contributed by atoms with Crippen molar-refractivity contribution in [3.8, 4) is 0 Å². The van der Waals surface area contributed by atoms with Crippen LogP contribution in [0.1, 0.15) is 27.7 Å². The van der Waals surface area contributed by atoms with Crippen LogP contribution in [0.25, 0.3) is 0 Å². The molecule has 0 bridgehead atoms. The van der Waals surface area contributed by atoms with Crippen LogP contribution in [0.15, 0.2) is 0 Å². The summed E-state index contributed by atoms with van der Waals surface area (Å²) in [6.07, 6.45) is 1.91. The first-order valence-electron chi connectivity index (χ1n) is 4.20. The minimum absolute atomic E-state index is 0.339. The Kier molecular flexibility index (Phi) is 4.26. The quantitative estimate of drug-likeness (QED) is 0.708. The van der Waals surface area contributed by atoms with Gasteiger partial charge in [-0.2, -0.15) is 11.8 Å². The predicted octanol–water partition coefficient (Wildman–Crippen LogP) is 1.41. The molecule has 4 heteroatoms. The number of esters is 1. The summed E-state index contributed by atoms with van der Waals surface area (Å²) in [5, 5.41) is 0. The van der Waals surface area contributed by atoms with Crippen LogP contribution in [0.3, 0.4) is 0 Å². The summed E-state index contributed by atoms with van der Waals surface area (Å²) in [4.78, 5) is 11.5. The first-order chi connectivity index (χ1) is 5.69. The van der Waals surface area contributed by atoms with E-state index in [4.69, 9.17) is 10.5 Å². The van der Waals surface area contributed by atoms with E-state index in [1.165, 1.54) is 11.8 Å². The zero-order chi connectivity index (χ0) is 10.7. The van der Waals surface area contributed by atoms with Crippen LogP contribution in [-0.2, 0) is 9.53 Å². The molecule has 0 aromatic heterocycles. The smallest absolute Gasteiger partial charge is 0.327 e. The van der Waals surface area contributed by atoms with Crippen molar-refractivity contribution < 1.29 is 9.53 Å². The normalized spacial score (nSPS) is 16.5. The van der Waals surface area contributed by atoms with Crippen LogP contribution in [0.5, 0.6) is 0 Å². The lowest BCUT2D eigenvalue weighted by Crippen LogP contribution is -2.50. The van der Waals surface area contributed by atoms with E-state index in [0.717, 1.165) is 0 Å². The van der Waals surface area contributed by atoms with Gasteiger partial charge in [0.2, 0.25) is 0 Å². The van der Waals surface area contributed by atoms with Crippen LogP contribution < -0.4 is 5.73 Å². The van der Waals surface area contributed by atoms with E-state index < -0.39 is 11.1 Å². The summed E-state index contributed by atoms with van der Waals surface area (Å²) in [7, 11) is 0. The molecule has 3 nitrogen and oxygen atoms in total.